The molecule has 0 atom stereocenters. The normalized spacial score (nSPS) is 11.2. The Balaban J connectivity index is 1.94. The minimum atomic E-state index is 0.601. The number of hydrogen-bond donors (Lipinski definition) is 0. The summed E-state index contributed by atoms with van der Waals surface area (Å²) < 4.78 is 11.5. The van der Waals surface area contributed by atoms with Crippen LogP contribution in [0.1, 0.15) is 6.92 Å². The van der Waals surface area contributed by atoms with Gasteiger partial charge in [0.05, 0.1) is 18.3 Å². The Kier molecular flexibility index (Phi) is 3.43. The third-order valence-electron chi connectivity index (χ3n) is 3.72. The van der Waals surface area contributed by atoms with Gasteiger partial charge in [-0.15, -0.1) is 0 Å². The highest BCUT2D eigenvalue weighted by Gasteiger charge is 2.12. The Bertz CT molecular complexity index is 974. The number of benzene rings is 2. The van der Waals surface area contributed by atoms with Crippen LogP contribution in [-0.4, -0.2) is 11.6 Å². The van der Waals surface area contributed by atoms with Crippen LogP contribution in [0, 0.1) is 0 Å². The zero-order valence-electron chi connectivity index (χ0n) is 12.5. The van der Waals surface area contributed by atoms with Gasteiger partial charge in [0.15, 0.2) is 0 Å². The predicted molar refractivity (Wildman–Crippen MR) is 93.1 cm³/mol. The maximum absolute atomic E-state index is 6.29. The van der Waals surface area contributed by atoms with Crippen LogP contribution in [0.3, 0.4) is 0 Å². The van der Waals surface area contributed by atoms with Gasteiger partial charge in [-0.1, -0.05) is 29.8 Å². The molecule has 4 rings (SSSR count). The second-order valence-corrected chi connectivity index (χ2v) is 5.71. The van der Waals surface area contributed by atoms with E-state index in [0.717, 1.165) is 38.9 Å². The summed E-state index contributed by atoms with van der Waals surface area (Å²) in [7, 11) is 0. The first-order valence-electron chi connectivity index (χ1n) is 7.45. The quantitative estimate of drug-likeness (QED) is 0.485. The summed E-state index contributed by atoms with van der Waals surface area (Å²) in [5.41, 5.74) is 2.57. The van der Waals surface area contributed by atoms with Crippen molar-refractivity contribution < 1.29 is 9.15 Å². The van der Waals surface area contributed by atoms with Crippen molar-refractivity contribution in [1.82, 2.24) is 4.98 Å². The van der Waals surface area contributed by atoms with Crippen LogP contribution in [0.2, 0.25) is 5.02 Å². The van der Waals surface area contributed by atoms with Crippen molar-refractivity contribution in [1.29, 1.82) is 0 Å². The van der Waals surface area contributed by atoms with Crippen molar-refractivity contribution in [2.75, 3.05) is 6.61 Å². The highest BCUT2D eigenvalue weighted by Crippen LogP contribution is 2.35. The second kappa shape index (κ2) is 5.60. The molecule has 4 aromatic rings. The molecule has 2 aromatic carbocycles. The average Bonchev–Trinajstić information content (AvgIpc) is 2.98. The molecule has 0 aliphatic rings. The molecule has 4 heteroatoms. The molecule has 0 spiro atoms. The van der Waals surface area contributed by atoms with Gasteiger partial charge in [-0.3, -0.25) is 4.98 Å². The lowest BCUT2D eigenvalue weighted by atomic mass is 10.1. The number of halogens is 1. The third-order valence-corrected chi connectivity index (χ3v) is 3.94. The highest BCUT2D eigenvalue weighted by atomic mass is 35.5. The number of hydrogen-bond acceptors (Lipinski definition) is 3. The first-order chi connectivity index (χ1) is 11.2. The van der Waals surface area contributed by atoms with Gasteiger partial charge in [0, 0.05) is 21.4 Å². The largest absolute Gasteiger partial charge is 0.492 e. The van der Waals surface area contributed by atoms with Crippen LogP contribution in [0.5, 0.6) is 5.75 Å². The van der Waals surface area contributed by atoms with Gasteiger partial charge in [0.25, 0.3) is 0 Å². The van der Waals surface area contributed by atoms with Crippen molar-refractivity contribution in [3.8, 4) is 17.1 Å². The summed E-state index contributed by atoms with van der Waals surface area (Å²) in [4.78, 5) is 4.54. The minimum absolute atomic E-state index is 0.601. The maximum Gasteiger partial charge on any atom is 0.138 e. The summed E-state index contributed by atoms with van der Waals surface area (Å²) in [6.07, 6.45) is 1.73. The molecule has 114 valence electrons. The zero-order chi connectivity index (χ0) is 15.8. The van der Waals surface area contributed by atoms with Crippen molar-refractivity contribution in [2.24, 2.45) is 0 Å². The Morgan fingerprint density at radius 1 is 1.09 bits per heavy atom. The molecule has 23 heavy (non-hydrogen) atoms. The fourth-order valence-corrected chi connectivity index (χ4v) is 2.97. The lowest BCUT2D eigenvalue weighted by Gasteiger charge is -2.07. The second-order valence-electron chi connectivity index (χ2n) is 5.28. The third kappa shape index (κ3) is 2.53. The summed E-state index contributed by atoms with van der Waals surface area (Å²) in [5, 5.41) is 2.63. The lowest BCUT2D eigenvalue weighted by molar-refractivity contribution is 0.339. The molecule has 2 heterocycles. The first kappa shape index (κ1) is 14.1. The molecule has 0 bridgehead atoms. The van der Waals surface area contributed by atoms with Crippen LogP contribution in [0.15, 0.2) is 59.1 Å². The maximum atomic E-state index is 6.29. The molecular formula is C19H14ClNO2. The van der Waals surface area contributed by atoms with E-state index in [1.165, 1.54) is 0 Å². The average molecular weight is 324 g/mol. The Morgan fingerprint density at radius 3 is 2.78 bits per heavy atom. The predicted octanol–water partition coefficient (Wildman–Crippen LogP) is 5.70. The standard InChI is InChI=1S/C19H14ClNO2/c1-2-22-15-8-13-7-14(20)10-16(19(13)21-11-15)18-9-12-5-3-4-6-17(12)23-18/h3-11H,2H2,1H3. The highest BCUT2D eigenvalue weighted by molar-refractivity contribution is 6.31. The lowest BCUT2D eigenvalue weighted by Crippen LogP contribution is -1.93. The minimum Gasteiger partial charge on any atom is -0.492 e. The van der Waals surface area contributed by atoms with E-state index in [1.807, 2.05) is 55.5 Å². The summed E-state index contributed by atoms with van der Waals surface area (Å²) >= 11 is 6.29. The number of aromatic nitrogens is 1. The van der Waals surface area contributed by atoms with Gasteiger partial charge in [-0.25, -0.2) is 0 Å². The molecule has 0 N–H and O–H groups in total. The Labute approximate surface area is 138 Å². The van der Waals surface area contributed by atoms with Gasteiger partial charge in [-0.2, -0.15) is 0 Å². The number of rotatable bonds is 3. The molecule has 0 aliphatic heterocycles. The van der Waals surface area contributed by atoms with E-state index >= 15 is 0 Å². The number of nitrogens with zero attached hydrogens (tertiary/aromatic N) is 1. The van der Waals surface area contributed by atoms with E-state index in [2.05, 4.69) is 4.98 Å². The topological polar surface area (TPSA) is 35.3 Å². The van der Waals surface area contributed by atoms with Gasteiger partial charge in [-0.05, 0) is 37.3 Å². The number of furan rings is 1. The van der Waals surface area contributed by atoms with Crippen LogP contribution in [0.4, 0.5) is 0 Å². The van der Waals surface area contributed by atoms with Crippen molar-refractivity contribution in [2.45, 2.75) is 6.92 Å². The van der Waals surface area contributed by atoms with Crippen LogP contribution in [-0.2, 0) is 0 Å². The molecule has 0 unspecified atom stereocenters. The molecule has 0 saturated heterocycles. The van der Waals surface area contributed by atoms with Crippen molar-refractivity contribution in [3.63, 3.8) is 0 Å². The summed E-state index contributed by atoms with van der Waals surface area (Å²) in [5.74, 6) is 1.49. The van der Waals surface area contributed by atoms with E-state index in [4.69, 9.17) is 20.8 Å². The summed E-state index contributed by atoms with van der Waals surface area (Å²) in [6.45, 7) is 2.55. The summed E-state index contributed by atoms with van der Waals surface area (Å²) in [6, 6.07) is 15.7. The van der Waals surface area contributed by atoms with Crippen LogP contribution >= 0.6 is 11.6 Å². The van der Waals surface area contributed by atoms with Crippen molar-refractivity contribution >= 4 is 33.5 Å². The van der Waals surface area contributed by atoms with Crippen LogP contribution < -0.4 is 4.74 Å². The van der Waals surface area contributed by atoms with E-state index < -0.39 is 0 Å². The fraction of sp³-hybridized carbons (Fsp3) is 0.105. The molecule has 0 saturated carbocycles. The van der Waals surface area contributed by atoms with E-state index in [9.17, 15) is 0 Å². The molecule has 0 amide bonds. The molecule has 0 aliphatic carbocycles. The van der Waals surface area contributed by atoms with E-state index in [-0.39, 0.29) is 0 Å². The van der Waals surface area contributed by atoms with Gasteiger partial charge in [0.1, 0.15) is 17.1 Å². The molecular weight excluding hydrogens is 310 g/mol. The number of fused-ring (bicyclic) bond motifs is 2. The molecule has 2 aromatic heterocycles. The Hall–Kier alpha value is -2.52. The molecule has 0 fully saturated rings. The molecule has 0 radical (unpaired) electrons. The Morgan fingerprint density at radius 2 is 1.96 bits per heavy atom. The first-order valence-corrected chi connectivity index (χ1v) is 7.83. The number of pyridine rings is 1. The van der Waals surface area contributed by atoms with E-state index in [1.54, 1.807) is 6.20 Å². The fourth-order valence-electron chi connectivity index (χ4n) is 2.74. The van der Waals surface area contributed by atoms with Crippen LogP contribution in [0.25, 0.3) is 33.2 Å². The van der Waals surface area contributed by atoms with Gasteiger partial charge < -0.3 is 9.15 Å². The van der Waals surface area contributed by atoms with Crippen molar-refractivity contribution in [3.05, 3.63) is 59.8 Å². The van der Waals surface area contributed by atoms with Gasteiger partial charge in [0.2, 0.25) is 0 Å². The smallest absolute Gasteiger partial charge is 0.138 e. The number of para-hydroxylation sites is 1. The van der Waals surface area contributed by atoms with Gasteiger partial charge >= 0.3 is 0 Å². The zero-order valence-corrected chi connectivity index (χ0v) is 13.3. The monoisotopic (exact) mass is 323 g/mol. The SMILES string of the molecule is CCOc1cnc2c(-c3cc4ccccc4o3)cc(Cl)cc2c1. The number of ether oxygens (including phenoxy) is 1. The molecule has 3 nitrogen and oxygen atoms in total. The van der Waals surface area contributed by atoms with E-state index in [0.29, 0.717) is 11.6 Å².